The molecule has 0 heterocycles. The Balaban J connectivity index is 2.34. The molecule has 0 spiro atoms. The largest absolute Gasteiger partial charge is 0.388 e. The number of nitrogens with one attached hydrogen (secondary N) is 1. The van der Waals surface area contributed by atoms with Crippen LogP contribution in [0.3, 0.4) is 0 Å². The molecule has 0 aromatic heterocycles. The van der Waals surface area contributed by atoms with Gasteiger partial charge in [0.15, 0.2) is 9.84 Å². The molecule has 0 unspecified atom stereocenters. The van der Waals surface area contributed by atoms with Crippen LogP contribution in [0.5, 0.6) is 0 Å². The third kappa shape index (κ3) is 4.61. The molecule has 0 saturated heterocycles. The fraction of sp³-hybridized carbons (Fsp3) is 0.889. The van der Waals surface area contributed by atoms with Crippen molar-refractivity contribution in [3.8, 4) is 0 Å². The van der Waals surface area contributed by atoms with E-state index in [1.807, 2.05) is 0 Å². The Morgan fingerprint density at radius 3 is 2.40 bits per heavy atom. The van der Waals surface area contributed by atoms with Crippen molar-refractivity contribution in [1.29, 1.82) is 0 Å². The first-order valence-electron chi connectivity index (χ1n) is 4.98. The van der Waals surface area contributed by atoms with E-state index in [1.54, 1.807) is 0 Å². The van der Waals surface area contributed by atoms with Gasteiger partial charge in [-0.2, -0.15) is 0 Å². The van der Waals surface area contributed by atoms with Gasteiger partial charge in [-0.3, -0.25) is 4.79 Å². The first-order valence-corrected chi connectivity index (χ1v) is 7.04. The highest BCUT2D eigenvalue weighted by molar-refractivity contribution is 7.91. The van der Waals surface area contributed by atoms with E-state index >= 15 is 0 Å². The molecular formula is C9H17NO4S. The van der Waals surface area contributed by atoms with Crippen molar-refractivity contribution in [1.82, 2.24) is 5.32 Å². The number of amides is 1. The molecule has 0 atom stereocenters. The van der Waals surface area contributed by atoms with Crippen LogP contribution in [0.1, 0.15) is 25.7 Å². The van der Waals surface area contributed by atoms with Crippen LogP contribution in [0.2, 0.25) is 0 Å². The van der Waals surface area contributed by atoms with Gasteiger partial charge in [0.05, 0.1) is 5.60 Å². The molecule has 1 amide bonds. The zero-order chi connectivity index (χ0) is 11.5. The van der Waals surface area contributed by atoms with Crippen molar-refractivity contribution in [2.24, 2.45) is 0 Å². The summed E-state index contributed by atoms with van der Waals surface area (Å²) in [7, 11) is -3.28. The average Bonchev–Trinajstić information content (AvgIpc) is 2.47. The second kappa shape index (κ2) is 4.49. The fourth-order valence-corrected chi connectivity index (χ4v) is 2.34. The Morgan fingerprint density at radius 1 is 1.40 bits per heavy atom. The van der Waals surface area contributed by atoms with Crippen molar-refractivity contribution < 1.29 is 18.3 Å². The molecule has 1 saturated carbocycles. The van der Waals surface area contributed by atoms with Crippen LogP contribution >= 0.6 is 0 Å². The molecule has 1 aliphatic rings. The number of carbonyl (C=O) groups is 1. The zero-order valence-corrected chi connectivity index (χ0v) is 9.64. The van der Waals surface area contributed by atoms with Crippen LogP contribution in [0.15, 0.2) is 0 Å². The van der Waals surface area contributed by atoms with Crippen molar-refractivity contribution in [2.45, 2.75) is 31.3 Å². The maximum atomic E-state index is 11.2. The average molecular weight is 235 g/mol. The van der Waals surface area contributed by atoms with Crippen LogP contribution in [-0.4, -0.2) is 43.6 Å². The lowest BCUT2D eigenvalue weighted by Gasteiger charge is -2.22. The van der Waals surface area contributed by atoms with Gasteiger partial charge in [0.2, 0.25) is 5.91 Å². The van der Waals surface area contributed by atoms with Crippen LogP contribution in [0, 0.1) is 0 Å². The Labute approximate surface area is 89.8 Å². The van der Waals surface area contributed by atoms with Gasteiger partial charge >= 0.3 is 0 Å². The van der Waals surface area contributed by atoms with Gasteiger partial charge in [0, 0.05) is 12.8 Å². The third-order valence-corrected chi connectivity index (χ3v) is 3.33. The van der Waals surface area contributed by atoms with Crippen molar-refractivity contribution >= 4 is 15.7 Å². The fourth-order valence-electron chi connectivity index (χ4n) is 1.76. The summed E-state index contributed by atoms with van der Waals surface area (Å²) in [4.78, 5) is 11.2. The van der Waals surface area contributed by atoms with Crippen LogP contribution in [0.25, 0.3) is 0 Å². The predicted molar refractivity (Wildman–Crippen MR) is 56.1 cm³/mol. The number of carbonyl (C=O) groups excluding carboxylic acids is 1. The highest BCUT2D eigenvalue weighted by atomic mass is 32.2. The minimum atomic E-state index is -3.28. The van der Waals surface area contributed by atoms with Gasteiger partial charge in [0.25, 0.3) is 0 Å². The molecule has 0 aromatic rings. The molecule has 1 fully saturated rings. The van der Waals surface area contributed by atoms with Gasteiger partial charge in [-0.25, -0.2) is 8.42 Å². The van der Waals surface area contributed by atoms with Crippen LogP contribution in [0.4, 0.5) is 0 Å². The Bertz CT molecular complexity index is 330. The van der Waals surface area contributed by atoms with Gasteiger partial charge in [0.1, 0.15) is 5.75 Å². The van der Waals surface area contributed by atoms with Crippen LogP contribution < -0.4 is 5.32 Å². The minimum absolute atomic E-state index is 0.154. The lowest BCUT2D eigenvalue weighted by atomic mass is 10.0. The normalized spacial score (nSPS) is 20.1. The van der Waals surface area contributed by atoms with E-state index in [2.05, 4.69) is 5.32 Å². The van der Waals surface area contributed by atoms with Gasteiger partial charge in [-0.1, -0.05) is 12.8 Å². The van der Waals surface area contributed by atoms with Crippen molar-refractivity contribution in [3.05, 3.63) is 0 Å². The van der Waals surface area contributed by atoms with E-state index in [1.165, 1.54) is 0 Å². The summed E-state index contributed by atoms with van der Waals surface area (Å²) in [5.41, 5.74) is -0.826. The molecule has 5 nitrogen and oxygen atoms in total. The number of hydrogen-bond acceptors (Lipinski definition) is 4. The minimum Gasteiger partial charge on any atom is -0.388 e. The predicted octanol–water partition coefficient (Wildman–Crippen LogP) is -0.548. The first-order chi connectivity index (χ1) is 6.81. The summed E-state index contributed by atoms with van der Waals surface area (Å²) >= 11 is 0. The van der Waals surface area contributed by atoms with E-state index in [9.17, 15) is 18.3 Å². The monoisotopic (exact) mass is 235 g/mol. The molecule has 0 radical (unpaired) electrons. The molecule has 0 aliphatic heterocycles. The number of hydrogen-bond donors (Lipinski definition) is 2. The van der Waals surface area contributed by atoms with E-state index in [0.29, 0.717) is 12.8 Å². The summed E-state index contributed by atoms with van der Waals surface area (Å²) < 4.78 is 21.6. The maximum absolute atomic E-state index is 11.2. The van der Waals surface area contributed by atoms with Gasteiger partial charge < -0.3 is 10.4 Å². The highest BCUT2D eigenvalue weighted by Gasteiger charge is 2.31. The standard InChI is InChI=1S/C9H17NO4S/c1-15(13,14)6-8(11)10-7-9(12)4-2-3-5-9/h12H,2-7H2,1H3,(H,10,11). The van der Waals surface area contributed by atoms with Crippen LogP contribution in [-0.2, 0) is 14.6 Å². The summed E-state index contributed by atoms with van der Waals surface area (Å²) in [5, 5.41) is 12.3. The van der Waals surface area contributed by atoms with Gasteiger partial charge in [-0.15, -0.1) is 0 Å². The highest BCUT2D eigenvalue weighted by Crippen LogP contribution is 2.28. The summed E-state index contributed by atoms with van der Waals surface area (Å²) in [6.07, 6.45) is 4.27. The Kier molecular flexibility index (Phi) is 3.72. The SMILES string of the molecule is CS(=O)(=O)CC(=O)NCC1(O)CCCC1. The van der Waals surface area contributed by atoms with E-state index in [-0.39, 0.29) is 6.54 Å². The van der Waals surface area contributed by atoms with E-state index < -0.39 is 27.1 Å². The van der Waals surface area contributed by atoms with Crippen molar-refractivity contribution in [3.63, 3.8) is 0 Å². The smallest absolute Gasteiger partial charge is 0.235 e. The summed E-state index contributed by atoms with van der Waals surface area (Å²) in [5.74, 6) is -1.05. The van der Waals surface area contributed by atoms with Crippen molar-refractivity contribution in [2.75, 3.05) is 18.6 Å². The topological polar surface area (TPSA) is 83.5 Å². The quantitative estimate of drug-likeness (QED) is 0.685. The first kappa shape index (κ1) is 12.4. The lowest BCUT2D eigenvalue weighted by Crippen LogP contribution is -2.42. The second-order valence-corrected chi connectivity index (χ2v) is 6.42. The summed E-state index contributed by atoms with van der Waals surface area (Å²) in [6.45, 7) is 0.154. The molecule has 1 aliphatic carbocycles. The molecular weight excluding hydrogens is 218 g/mol. The Morgan fingerprint density at radius 2 is 1.93 bits per heavy atom. The molecule has 2 N–H and O–H groups in total. The maximum Gasteiger partial charge on any atom is 0.235 e. The summed E-state index contributed by atoms with van der Waals surface area (Å²) in [6, 6.07) is 0. The molecule has 0 bridgehead atoms. The van der Waals surface area contributed by atoms with E-state index in [4.69, 9.17) is 0 Å². The van der Waals surface area contributed by atoms with Gasteiger partial charge in [-0.05, 0) is 12.8 Å². The number of sulfone groups is 1. The Hall–Kier alpha value is -0.620. The molecule has 15 heavy (non-hydrogen) atoms. The number of aliphatic hydroxyl groups is 1. The molecule has 88 valence electrons. The molecule has 6 heteroatoms. The molecule has 0 aromatic carbocycles. The zero-order valence-electron chi connectivity index (χ0n) is 8.82. The van der Waals surface area contributed by atoms with E-state index in [0.717, 1.165) is 19.1 Å². The third-order valence-electron chi connectivity index (χ3n) is 2.54. The lowest BCUT2D eigenvalue weighted by molar-refractivity contribution is -0.119. The second-order valence-electron chi connectivity index (χ2n) is 4.28. The number of rotatable bonds is 4. The molecule has 1 rings (SSSR count).